The van der Waals surface area contributed by atoms with Crippen LogP contribution in [-0.4, -0.2) is 16.3 Å². The molecule has 0 bridgehead atoms. The lowest BCUT2D eigenvalue weighted by Crippen LogP contribution is -2.11. The van der Waals surface area contributed by atoms with Crippen molar-refractivity contribution in [2.75, 3.05) is 6.54 Å². The summed E-state index contributed by atoms with van der Waals surface area (Å²) < 4.78 is 2.20. The van der Waals surface area contributed by atoms with Crippen LogP contribution in [0.15, 0.2) is 0 Å². The fourth-order valence-corrected chi connectivity index (χ4v) is 2.86. The van der Waals surface area contributed by atoms with E-state index in [0.717, 1.165) is 25.4 Å². The summed E-state index contributed by atoms with van der Waals surface area (Å²) in [4.78, 5) is 0. The van der Waals surface area contributed by atoms with Gasteiger partial charge in [-0.2, -0.15) is 5.10 Å². The van der Waals surface area contributed by atoms with E-state index in [-0.39, 0.29) is 0 Å². The van der Waals surface area contributed by atoms with Crippen LogP contribution in [0, 0.1) is 19.8 Å². The molecule has 0 radical (unpaired) electrons. The van der Waals surface area contributed by atoms with Crippen molar-refractivity contribution in [1.82, 2.24) is 9.78 Å². The van der Waals surface area contributed by atoms with E-state index in [0.29, 0.717) is 0 Å². The molecule has 1 aliphatic rings. The molecule has 2 N–H and O–H groups in total. The highest BCUT2D eigenvalue weighted by Crippen LogP contribution is 2.27. The maximum Gasteiger partial charge on any atom is 0.0628 e. The molecule has 1 aliphatic carbocycles. The molecule has 1 heterocycles. The van der Waals surface area contributed by atoms with E-state index in [4.69, 9.17) is 5.73 Å². The van der Waals surface area contributed by atoms with Crippen LogP contribution in [0.5, 0.6) is 0 Å². The Balaban J connectivity index is 2.11. The molecular weight excluding hydrogens is 198 g/mol. The first-order chi connectivity index (χ1) is 7.72. The molecule has 0 spiro atoms. The number of aromatic nitrogens is 2. The molecule has 1 aromatic heterocycles. The second-order valence-corrected chi connectivity index (χ2v) is 5.02. The van der Waals surface area contributed by atoms with Crippen molar-refractivity contribution in [3.8, 4) is 0 Å². The highest BCUT2D eigenvalue weighted by molar-refractivity contribution is 5.24. The Labute approximate surface area is 98.0 Å². The second-order valence-electron chi connectivity index (χ2n) is 5.02. The number of hydrogen-bond acceptors (Lipinski definition) is 2. The third-order valence-corrected chi connectivity index (χ3v) is 3.83. The van der Waals surface area contributed by atoms with E-state index in [1.165, 1.54) is 42.6 Å². The van der Waals surface area contributed by atoms with Gasteiger partial charge in [-0.05, 0) is 51.1 Å². The zero-order chi connectivity index (χ0) is 11.5. The van der Waals surface area contributed by atoms with Gasteiger partial charge in [-0.3, -0.25) is 4.68 Å². The maximum atomic E-state index is 5.63. The molecular formula is C13H23N3. The summed E-state index contributed by atoms with van der Waals surface area (Å²) in [5.74, 6) is 0.851. The SMILES string of the molecule is Cc1nn(CC2CCCC2)c(C)c1CCN. The zero-order valence-electron chi connectivity index (χ0n) is 10.5. The number of rotatable bonds is 4. The minimum atomic E-state index is 0.719. The summed E-state index contributed by atoms with van der Waals surface area (Å²) in [6.07, 6.45) is 6.52. The molecule has 0 aromatic carbocycles. The van der Waals surface area contributed by atoms with Gasteiger partial charge in [0.15, 0.2) is 0 Å². The van der Waals surface area contributed by atoms with Gasteiger partial charge >= 0.3 is 0 Å². The van der Waals surface area contributed by atoms with Crippen molar-refractivity contribution in [3.05, 3.63) is 17.0 Å². The van der Waals surface area contributed by atoms with Crippen molar-refractivity contribution in [2.24, 2.45) is 11.7 Å². The lowest BCUT2D eigenvalue weighted by molar-refractivity contribution is 0.421. The molecule has 0 unspecified atom stereocenters. The van der Waals surface area contributed by atoms with E-state index < -0.39 is 0 Å². The molecule has 3 nitrogen and oxygen atoms in total. The number of hydrogen-bond donors (Lipinski definition) is 1. The maximum absolute atomic E-state index is 5.63. The Bertz CT molecular complexity index is 348. The molecule has 0 amide bonds. The van der Waals surface area contributed by atoms with E-state index >= 15 is 0 Å². The van der Waals surface area contributed by atoms with Gasteiger partial charge in [-0.25, -0.2) is 0 Å². The summed E-state index contributed by atoms with van der Waals surface area (Å²) in [7, 11) is 0. The summed E-state index contributed by atoms with van der Waals surface area (Å²) in [5, 5.41) is 4.65. The van der Waals surface area contributed by atoms with E-state index in [9.17, 15) is 0 Å². The van der Waals surface area contributed by atoms with Crippen LogP contribution in [0.2, 0.25) is 0 Å². The van der Waals surface area contributed by atoms with Gasteiger partial charge in [0.2, 0.25) is 0 Å². The molecule has 3 heteroatoms. The van der Waals surface area contributed by atoms with Crippen LogP contribution < -0.4 is 5.73 Å². The van der Waals surface area contributed by atoms with E-state index in [2.05, 4.69) is 23.6 Å². The van der Waals surface area contributed by atoms with Crippen molar-refractivity contribution >= 4 is 0 Å². The molecule has 1 aromatic rings. The minimum Gasteiger partial charge on any atom is -0.330 e. The number of nitrogens with two attached hydrogens (primary N) is 1. The number of nitrogens with zero attached hydrogens (tertiary/aromatic N) is 2. The summed E-state index contributed by atoms with van der Waals surface area (Å²) >= 11 is 0. The highest BCUT2D eigenvalue weighted by Gasteiger charge is 2.18. The fourth-order valence-electron chi connectivity index (χ4n) is 2.86. The Morgan fingerprint density at radius 1 is 1.31 bits per heavy atom. The fraction of sp³-hybridized carbons (Fsp3) is 0.769. The van der Waals surface area contributed by atoms with Crippen LogP contribution in [0.3, 0.4) is 0 Å². The predicted octanol–water partition coefficient (Wildman–Crippen LogP) is 2.19. The van der Waals surface area contributed by atoms with E-state index in [1.807, 2.05) is 0 Å². The summed E-state index contributed by atoms with van der Waals surface area (Å²) in [5.41, 5.74) is 9.49. The second kappa shape index (κ2) is 5.00. The summed E-state index contributed by atoms with van der Waals surface area (Å²) in [6, 6.07) is 0. The van der Waals surface area contributed by atoms with Crippen LogP contribution in [0.1, 0.15) is 42.6 Å². The van der Waals surface area contributed by atoms with Crippen LogP contribution in [0.4, 0.5) is 0 Å². The van der Waals surface area contributed by atoms with Gasteiger partial charge in [0.25, 0.3) is 0 Å². The topological polar surface area (TPSA) is 43.8 Å². The highest BCUT2D eigenvalue weighted by atomic mass is 15.3. The lowest BCUT2D eigenvalue weighted by Gasteiger charge is -2.11. The van der Waals surface area contributed by atoms with Crippen molar-refractivity contribution in [1.29, 1.82) is 0 Å². The molecule has 0 atom stereocenters. The smallest absolute Gasteiger partial charge is 0.0628 e. The van der Waals surface area contributed by atoms with Gasteiger partial charge in [0.1, 0.15) is 0 Å². The van der Waals surface area contributed by atoms with Gasteiger partial charge in [-0.15, -0.1) is 0 Å². The predicted molar refractivity (Wildman–Crippen MR) is 66.4 cm³/mol. The van der Waals surface area contributed by atoms with Crippen molar-refractivity contribution < 1.29 is 0 Å². The van der Waals surface area contributed by atoms with Gasteiger partial charge in [0, 0.05) is 12.2 Å². The first kappa shape index (κ1) is 11.6. The zero-order valence-corrected chi connectivity index (χ0v) is 10.5. The average Bonchev–Trinajstić information content (AvgIpc) is 2.84. The Kier molecular flexibility index (Phi) is 3.64. The lowest BCUT2D eigenvalue weighted by atomic mass is 10.1. The molecule has 0 aliphatic heterocycles. The largest absolute Gasteiger partial charge is 0.330 e. The Morgan fingerprint density at radius 3 is 2.62 bits per heavy atom. The number of aryl methyl sites for hydroxylation is 1. The molecule has 90 valence electrons. The van der Waals surface area contributed by atoms with Crippen LogP contribution in [-0.2, 0) is 13.0 Å². The van der Waals surface area contributed by atoms with Crippen LogP contribution in [0.25, 0.3) is 0 Å². The molecule has 1 saturated carbocycles. The third kappa shape index (κ3) is 2.29. The van der Waals surface area contributed by atoms with Gasteiger partial charge in [0.05, 0.1) is 5.69 Å². The molecule has 16 heavy (non-hydrogen) atoms. The van der Waals surface area contributed by atoms with Crippen molar-refractivity contribution in [3.63, 3.8) is 0 Å². The first-order valence-electron chi connectivity index (χ1n) is 6.45. The Hall–Kier alpha value is -0.830. The van der Waals surface area contributed by atoms with Gasteiger partial charge < -0.3 is 5.73 Å². The molecule has 0 saturated heterocycles. The standard InChI is InChI=1S/C13H23N3/c1-10-13(7-8-14)11(2)16(15-10)9-12-5-3-4-6-12/h12H,3-9,14H2,1-2H3. The first-order valence-corrected chi connectivity index (χ1v) is 6.45. The monoisotopic (exact) mass is 221 g/mol. The van der Waals surface area contributed by atoms with Gasteiger partial charge in [-0.1, -0.05) is 12.8 Å². The quantitative estimate of drug-likeness (QED) is 0.847. The molecule has 1 fully saturated rings. The van der Waals surface area contributed by atoms with E-state index in [1.54, 1.807) is 0 Å². The van der Waals surface area contributed by atoms with Crippen molar-refractivity contribution in [2.45, 2.75) is 52.5 Å². The normalized spacial score (nSPS) is 17.2. The summed E-state index contributed by atoms with van der Waals surface area (Å²) in [6.45, 7) is 6.11. The molecule has 2 rings (SSSR count). The van der Waals surface area contributed by atoms with Crippen LogP contribution >= 0.6 is 0 Å². The third-order valence-electron chi connectivity index (χ3n) is 3.83. The Morgan fingerprint density at radius 2 is 2.00 bits per heavy atom. The minimum absolute atomic E-state index is 0.719. The average molecular weight is 221 g/mol.